The summed E-state index contributed by atoms with van der Waals surface area (Å²) in [6.07, 6.45) is 2.83. The molecule has 3 nitrogen and oxygen atoms in total. The van der Waals surface area contributed by atoms with Crippen LogP contribution in [0.15, 0.2) is 33.9 Å². The van der Waals surface area contributed by atoms with Crippen LogP contribution in [0.4, 0.5) is 0 Å². The first-order chi connectivity index (χ1) is 7.83. The van der Waals surface area contributed by atoms with Crippen molar-refractivity contribution < 1.29 is 9.52 Å². The van der Waals surface area contributed by atoms with Crippen molar-refractivity contribution in [2.45, 2.75) is 35.8 Å². The Hall–Kier alpha value is -1.00. The van der Waals surface area contributed by atoms with Crippen LogP contribution < -0.4 is 0 Å². The van der Waals surface area contributed by atoms with E-state index in [9.17, 15) is 5.11 Å². The van der Waals surface area contributed by atoms with E-state index >= 15 is 0 Å². The molecular formula is C12H13NO2S. The molecule has 1 aromatic heterocycles. The Balaban J connectivity index is 1.83. The molecule has 2 unspecified atom stereocenters. The largest absolute Gasteiger partial charge is 0.431 e. The van der Waals surface area contributed by atoms with Gasteiger partial charge in [-0.05, 0) is 31.4 Å². The molecule has 2 atom stereocenters. The fourth-order valence-corrected chi connectivity index (χ4v) is 3.20. The van der Waals surface area contributed by atoms with Gasteiger partial charge in [0, 0.05) is 5.25 Å². The maximum absolute atomic E-state index is 9.73. The summed E-state index contributed by atoms with van der Waals surface area (Å²) >= 11 is 1.56. The van der Waals surface area contributed by atoms with Crippen molar-refractivity contribution in [3.8, 4) is 0 Å². The molecule has 84 valence electrons. The van der Waals surface area contributed by atoms with Crippen molar-refractivity contribution in [3.05, 3.63) is 24.3 Å². The van der Waals surface area contributed by atoms with Crippen molar-refractivity contribution in [3.63, 3.8) is 0 Å². The van der Waals surface area contributed by atoms with Crippen LogP contribution in [0, 0.1) is 0 Å². The number of nitrogens with zero attached hydrogens (tertiary/aromatic N) is 1. The van der Waals surface area contributed by atoms with E-state index in [1.165, 1.54) is 0 Å². The molecule has 1 aliphatic carbocycles. The van der Waals surface area contributed by atoms with Gasteiger partial charge in [-0.3, -0.25) is 0 Å². The molecular weight excluding hydrogens is 222 g/mol. The van der Waals surface area contributed by atoms with E-state index in [-0.39, 0.29) is 11.4 Å². The number of aliphatic hydroxyl groups excluding tert-OH is 1. The third-order valence-corrected chi connectivity index (χ3v) is 4.17. The number of thioether (sulfide) groups is 1. The number of aromatic nitrogens is 1. The summed E-state index contributed by atoms with van der Waals surface area (Å²) in [7, 11) is 0. The summed E-state index contributed by atoms with van der Waals surface area (Å²) in [4.78, 5) is 4.40. The Morgan fingerprint density at radius 2 is 2.19 bits per heavy atom. The lowest BCUT2D eigenvalue weighted by Gasteiger charge is -2.10. The zero-order chi connectivity index (χ0) is 11.0. The molecule has 0 aliphatic heterocycles. The Kier molecular flexibility index (Phi) is 2.61. The number of hydrogen-bond acceptors (Lipinski definition) is 4. The molecule has 4 heteroatoms. The van der Waals surface area contributed by atoms with Gasteiger partial charge in [0.1, 0.15) is 5.52 Å². The Bertz CT molecular complexity index is 463. The van der Waals surface area contributed by atoms with Gasteiger partial charge in [0.15, 0.2) is 5.58 Å². The molecule has 1 fully saturated rings. The van der Waals surface area contributed by atoms with Crippen LogP contribution in [-0.2, 0) is 0 Å². The van der Waals surface area contributed by atoms with Crippen LogP contribution in [-0.4, -0.2) is 21.4 Å². The van der Waals surface area contributed by atoms with Gasteiger partial charge in [0.2, 0.25) is 0 Å². The van der Waals surface area contributed by atoms with Crippen molar-refractivity contribution in [1.29, 1.82) is 0 Å². The number of fused-ring (bicyclic) bond motifs is 1. The first kappa shape index (κ1) is 10.2. The molecule has 0 saturated heterocycles. The summed E-state index contributed by atoms with van der Waals surface area (Å²) in [5.41, 5.74) is 1.70. The van der Waals surface area contributed by atoms with Crippen LogP contribution in [0.1, 0.15) is 19.3 Å². The molecule has 1 N–H and O–H groups in total. The molecule has 3 rings (SSSR count). The second-order valence-corrected chi connectivity index (χ2v) is 5.29. The predicted molar refractivity (Wildman–Crippen MR) is 63.5 cm³/mol. The lowest BCUT2D eigenvalue weighted by Crippen LogP contribution is -2.14. The Labute approximate surface area is 97.9 Å². The molecule has 1 aromatic carbocycles. The summed E-state index contributed by atoms with van der Waals surface area (Å²) in [6, 6.07) is 7.74. The molecule has 1 heterocycles. The minimum atomic E-state index is -0.208. The van der Waals surface area contributed by atoms with Gasteiger partial charge in [-0.25, -0.2) is 4.98 Å². The molecule has 0 amide bonds. The highest BCUT2D eigenvalue weighted by atomic mass is 32.2. The lowest BCUT2D eigenvalue weighted by molar-refractivity contribution is 0.187. The summed E-state index contributed by atoms with van der Waals surface area (Å²) in [6.45, 7) is 0. The molecule has 1 saturated carbocycles. The van der Waals surface area contributed by atoms with E-state index in [1.54, 1.807) is 11.8 Å². The van der Waals surface area contributed by atoms with Crippen LogP contribution in [0.3, 0.4) is 0 Å². The number of hydrogen-bond donors (Lipinski definition) is 1. The van der Waals surface area contributed by atoms with E-state index in [2.05, 4.69) is 4.98 Å². The van der Waals surface area contributed by atoms with Crippen LogP contribution in [0.2, 0.25) is 0 Å². The van der Waals surface area contributed by atoms with Crippen molar-refractivity contribution in [2.24, 2.45) is 0 Å². The van der Waals surface area contributed by atoms with Crippen LogP contribution >= 0.6 is 11.8 Å². The fraction of sp³-hybridized carbons (Fsp3) is 0.417. The first-order valence-electron chi connectivity index (χ1n) is 5.53. The zero-order valence-corrected chi connectivity index (χ0v) is 9.61. The molecule has 0 bridgehead atoms. The van der Waals surface area contributed by atoms with E-state index in [0.717, 1.165) is 30.4 Å². The zero-order valence-electron chi connectivity index (χ0n) is 8.80. The van der Waals surface area contributed by atoms with Crippen LogP contribution in [0.25, 0.3) is 11.1 Å². The third-order valence-electron chi connectivity index (χ3n) is 2.94. The van der Waals surface area contributed by atoms with Gasteiger partial charge < -0.3 is 9.52 Å². The van der Waals surface area contributed by atoms with E-state index < -0.39 is 0 Å². The topological polar surface area (TPSA) is 46.3 Å². The van der Waals surface area contributed by atoms with Gasteiger partial charge >= 0.3 is 0 Å². The first-order valence-corrected chi connectivity index (χ1v) is 6.41. The monoisotopic (exact) mass is 235 g/mol. The number of benzene rings is 1. The van der Waals surface area contributed by atoms with Crippen molar-refractivity contribution in [1.82, 2.24) is 4.98 Å². The SMILES string of the molecule is OC1CCCC1Sc1nc2ccccc2o1. The predicted octanol–water partition coefficient (Wildman–Crippen LogP) is 2.83. The minimum absolute atomic E-state index is 0.208. The number of rotatable bonds is 2. The second kappa shape index (κ2) is 4.11. The smallest absolute Gasteiger partial charge is 0.257 e. The second-order valence-electron chi connectivity index (χ2n) is 4.10. The van der Waals surface area contributed by atoms with E-state index in [0.29, 0.717) is 5.22 Å². The molecule has 0 spiro atoms. The lowest BCUT2D eigenvalue weighted by atomic mass is 10.3. The van der Waals surface area contributed by atoms with Gasteiger partial charge in [-0.1, -0.05) is 23.9 Å². The minimum Gasteiger partial charge on any atom is -0.431 e. The summed E-state index contributed by atoms with van der Waals surface area (Å²) in [5.74, 6) is 0. The molecule has 16 heavy (non-hydrogen) atoms. The maximum Gasteiger partial charge on any atom is 0.257 e. The van der Waals surface area contributed by atoms with Gasteiger partial charge in [0.05, 0.1) is 6.10 Å². The summed E-state index contributed by atoms with van der Waals surface area (Å²) < 4.78 is 5.62. The highest BCUT2D eigenvalue weighted by molar-refractivity contribution is 7.99. The number of aliphatic hydroxyl groups is 1. The standard InChI is InChI=1S/C12H13NO2S/c14-9-5-3-7-11(9)16-12-13-8-4-1-2-6-10(8)15-12/h1-2,4,6,9,11,14H,3,5,7H2. The maximum atomic E-state index is 9.73. The Morgan fingerprint density at radius 1 is 1.31 bits per heavy atom. The molecule has 0 radical (unpaired) electrons. The van der Waals surface area contributed by atoms with Gasteiger partial charge in [0.25, 0.3) is 5.22 Å². The highest BCUT2D eigenvalue weighted by Crippen LogP contribution is 2.35. The highest BCUT2D eigenvalue weighted by Gasteiger charge is 2.27. The normalized spacial score (nSPS) is 25.3. The fourth-order valence-electron chi connectivity index (χ4n) is 2.07. The number of oxazole rings is 1. The summed E-state index contributed by atoms with van der Waals surface area (Å²) in [5, 5.41) is 10.7. The average Bonchev–Trinajstić information content (AvgIpc) is 2.85. The van der Waals surface area contributed by atoms with E-state index in [4.69, 9.17) is 4.42 Å². The van der Waals surface area contributed by atoms with Crippen LogP contribution in [0.5, 0.6) is 0 Å². The van der Waals surface area contributed by atoms with E-state index in [1.807, 2.05) is 24.3 Å². The van der Waals surface area contributed by atoms with Crippen molar-refractivity contribution in [2.75, 3.05) is 0 Å². The number of para-hydroxylation sites is 2. The molecule has 1 aliphatic rings. The van der Waals surface area contributed by atoms with Gasteiger partial charge in [-0.2, -0.15) is 0 Å². The van der Waals surface area contributed by atoms with Crippen molar-refractivity contribution >= 4 is 22.9 Å². The third kappa shape index (κ3) is 1.83. The quantitative estimate of drug-likeness (QED) is 0.869. The Morgan fingerprint density at radius 3 is 2.94 bits per heavy atom. The van der Waals surface area contributed by atoms with Gasteiger partial charge in [-0.15, -0.1) is 0 Å². The molecule has 2 aromatic rings. The average molecular weight is 235 g/mol.